The molecular formula is C16H22BrNO. The molecule has 0 saturated heterocycles. The minimum Gasteiger partial charge on any atom is -0.356 e. The zero-order chi connectivity index (χ0) is 13.8. The molecule has 3 heteroatoms. The van der Waals surface area contributed by atoms with E-state index < -0.39 is 0 Å². The van der Waals surface area contributed by atoms with Gasteiger partial charge in [-0.25, -0.2) is 0 Å². The fraction of sp³-hybridized carbons (Fsp3) is 0.562. The van der Waals surface area contributed by atoms with Crippen LogP contribution < -0.4 is 5.32 Å². The van der Waals surface area contributed by atoms with Crippen molar-refractivity contribution in [3.05, 3.63) is 34.9 Å². The molecule has 1 amide bonds. The molecule has 2 unspecified atom stereocenters. The van der Waals surface area contributed by atoms with Gasteiger partial charge in [-0.3, -0.25) is 4.79 Å². The van der Waals surface area contributed by atoms with Crippen LogP contribution in [-0.4, -0.2) is 17.3 Å². The molecule has 1 aromatic carbocycles. The minimum atomic E-state index is 0.145. The molecule has 2 rings (SSSR count). The molecule has 0 aliphatic heterocycles. The van der Waals surface area contributed by atoms with Gasteiger partial charge in [0, 0.05) is 11.4 Å². The van der Waals surface area contributed by atoms with Gasteiger partial charge in [0.15, 0.2) is 0 Å². The quantitative estimate of drug-likeness (QED) is 0.844. The second-order valence-electron chi connectivity index (χ2n) is 5.69. The molecule has 1 N–H and O–H groups in total. The summed E-state index contributed by atoms with van der Waals surface area (Å²) in [6.07, 6.45) is 4.14. The first-order valence-electron chi connectivity index (χ1n) is 7.01. The predicted octanol–water partition coefficient (Wildman–Crippen LogP) is 3.53. The number of hydrogen-bond donors (Lipinski definition) is 1. The van der Waals surface area contributed by atoms with Crippen LogP contribution in [0.4, 0.5) is 0 Å². The minimum absolute atomic E-state index is 0.145. The van der Waals surface area contributed by atoms with Crippen molar-refractivity contribution < 1.29 is 4.79 Å². The van der Waals surface area contributed by atoms with Crippen LogP contribution in [0.3, 0.4) is 0 Å². The Morgan fingerprint density at radius 1 is 1.37 bits per heavy atom. The molecule has 1 fully saturated rings. The summed E-state index contributed by atoms with van der Waals surface area (Å²) in [5, 5.41) is 3.08. The molecule has 0 bridgehead atoms. The summed E-state index contributed by atoms with van der Waals surface area (Å²) in [5.41, 5.74) is 3.55. The highest BCUT2D eigenvalue weighted by Crippen LogP contribution is 2.29. The Balaban J connectivity index is 1.82. The van der Waals surface area contributed by atoms with Crippen molar-refractivity contribution in [3.63, 3.8) is 0 Å². The number of halogens is 1. The number of aryl methyl sites for hydroxylation is 2. The van der Waals surface area contributed by atoms with Crippen molar-refractivity contribution in [1.82, 2.24) is 5.32 Å². The van der Waals surface area contributed by atoms with Crippen LogP contribution in [0.1, 0.15) is 36.0 Å². The first-order valence-corrected chi connectivity index (χ1v) is 7.93. The highest BCUT2D eigenvalue weighted by atomic mass is 79.9. The van der Waals surface area contributed by atoms with Gasteiger partial charge in [0.1, 0.15) is 0 Å². The lowest BCUT2D eigenvalue weighted by Gasteiger charge is -2.12. The molecule has 2 nitrogen and oxygen atoms in total. The van der Waals surface area contributed by atoms with Gasteiger partial charge < -0.3 is 5.32 Å². The van der Waals surface area contributed by atoms with Gasteiger partial charge in [-0.05, 0) is 50.2 Å². The monoisotopic (exact) mass is 323 g/mol. The van der Waals surface area contributed by atoms with Crippen LogP contribution in [0, 0.1) is 19.8 Å². The van der Waals surface area contributed by atoms with Crippen LogP contribution in [0.2, 0.25) is 0 Å². The number of nitrogens with one attached hydrogen (secondary N) is 1. The van der Waals surface area contributed by atoms with E-state index in [4.69, 9.17) is 0 Å². The Morgan fingerprint density at radius 3 is 2.84 bits per heavy atom. The third-order valence-electron chi connectivity index (χ3n) is 3.92. The van der Waals surface area contributed by atoms with Crippen molar-refractivity contribution in [3.8, 4) is 0 Å². The number of amides is 1. The summed E-state index contributed by atoms with van der Waals surface area (Å²) >= 11 is 3.64. The standard InChI is InChI=1S/C16H22BrNO/c1-11-3-4-12(2)14(7-11)9-16(19)18-10-13-5-6-15(17)8-13/h3-4,7,13,15H,5-6,8-10H2,1-2H3,(H,18,19). The van der Waals surface area contributed by atoms with Crippen molar-refractivity contribution >= 4 is 21.8 Å². The number of rotatable bonds is 4. The largest absolute Gasteiger partial charge is 0.356 e. The van der Waals surface area contributed by atoms with Gasteiger partial charge in [-0.2, -0.15) is 0 Å². The average Bonchev–Trinajstić information content (AvgIpc) is 2.77. The van der Waals surface area contributed by atoms with E-state index in [-0.39, 0.29) is 5.91 Å². The van der Waals surface area contributed by atoms with E-state index in [9.17, 15) is 4.79 Å². The third kappa shape index (κ3) is 4.34. The van der Waals surface area contributed by atoms with Crippen molar-refractivity contribution in [2.75, 3.05) is 6.54 Å². The molecule has 19 heavy (non-hydrogen) atoms. The summed E-state index contributed by atoms with van der Waals surface area (Å²) in [5.74, 6) is 0.790. The second kappa shape index (κ2) is 6.56. The van der Waals surface area contributed by atoms with E-state index in [1.165, 1.54) is 30.4 Å². The maximum absolute atomic E-state index is 12.0. The van der Waals surface area contributed by atoms with Gasteiger partial charge >= 0.3 is 0 Å². The number of carbonyl (C=O) groups is 1. The highest BCUT2D eigenvalue weighted by molar-refractivity contribution is 9.09. The maximum Gasteiger partial charge on any atom is 0.224 e. The topological polar surface area (TPSA) is 29.1 Å². The zero-order valence-corrected chi connectivity index (χ0v) is 13.3. The molecule has 0 heterocycles. The molecular weight excluding hydrogens is 302 g/mol. The summed E-state index contributed by atoms with van der Waals surface area (Å²) in [6, 6.07) is 6.29. The Kier molecular flexibility index (Phi) is 5.03. The smallest absolute Gasteiger partial charge is 0.224 e. The van der Waals surface area contributed by atoms with Gasteiger partial charge in [0.05, 0.1) is 6.42 Å². The van der Waals surface area contributed by atoms with E-state index in [1.54, 1.807) is 0 Å². The van der Waals surface area contributed by atoms with E-state index in [2.05, 4.69) is 53.3 Å². The fourth-order valence-electron chi connectivity index (χ4n) is 2.68. The highest BCUT2D eigenvalue weighted by Gasteiger charge is 2.22. The summed E-state index contributed by atoms with van der Waals surface area (Å²) < 4.78 is 0. The van der Waals surface area contributed by atoms with Gasteiger partial charge in [0.25, 0.3) is 0 Å². The lowest BCUT2D eigenvalue weighted by Crippen LogP contribution is -2.30. The van der Waals surface area contributed by atoms with Crippen LogP contribution in [0.5, 0.6) is 0 Å². The third-order valence-corrected chi connectivity index (χ3v) is 4.75. The lowest BCUT2D eigenvalue weighted by molar-refractivity contribution is -0.120. The Labute approximate surface area is 124 Å². The summed E-state index contributed by atoms with van der Waals surface area (Å²) in [7, 11) is 0. The molecule has 0 aromatic heterocycles. The van der Waals surface area contributed by atoms with Crippen LogP contribution in [0.15, 0.2) is 18.2 Å². The lowest BCUT2D eigenvalue weighted by atomic mass is 10.0. The van der Waals surface area contributed by atoms with Gasteiger partial charge in [-0.1, -0.05) is 39.7 Å². The number of carbonyl (C=O) groups excluding carboxylic acids is 1. The van der Waals surface area contributed by atoms with E-state index in [0.717, 1.165) is 12.1 Å². The molecule has 1 aliphatic rings. The Morgan fingerprint density at radius 2 is 2.16 bits per heavy atom. The van der Waals surface area contributed by atoms with Crippen molar-refractivity contribution in [1.29, 1.82) is 0 Å². The average molecular weight is 324 g/mol. The normalized spacial score (nSPS) is 22.5. The first kappa shape index (κ1) is 14.6. The number of alkyl halides is 1. The maximum atomic E-state index is 12.0. The Hall–Kier alpha value is -0.830. The molecule has 0 radical (unpaired) electrons. The molecule has 1 saturated carbocycles. The van der Waals surface area contributed by atoms with Crippen molar-refractivity contribution in [2.24, 2.45) is 5.92 Å². The molecule has 2 atom stereocenters. The number of hydrogen-bond acceptors (Lipinski definition) is 1. The van der Waals surface area contributed by atoms with Gasteiger partial charge in [-0.15, -0.1) is 0 Å². The van der Waals surface area contributed by atoms with E-state index in [1.807, 2.05) is 0 Å². The zero-order valence-electron chi connectivity index (χ0n) is 11.7. The first-order chi connectivity index (χ1) is 9.04. The Bertz CT molecular complexity index is 458. The fourth-order valence-corrected chi connectivity index (χ4v) is 3.48. The molecule has 104 valence electrons. The molecule has 1 aromatic rings. The number of benzene rings is 1. The second-order valence-corrected chi connectivity index (χ2v) is 6.98. The summed E-state index contributed by atoms with van der Waals surface area (Å²) in [4.78, 5) is 12.6. The van der Waals surface area contributed by atoms with Crippen LogP contribution >= 0.6 is 15.9 Å². The predicted molar refractivity (Wildman–Crippen MR) is 82.7 cm³/mol. The summed E-state index contributed by atoms with van der Waals surface area (Å²) in [6.45, 7) is 4.95. The van der Waals surface area contributed by atoms with Gasteiger partial charge in [0.2, 0.25) is 5.91 Å². The van der Waals surface area contributed by atoms with Crippen LogP contribution in [0.25, 0.3) is 0 Å². The van der Waals surface area contributed by atoms with E-state index in [0.29, 0.717) is 17.2 Å². The molecule has 0 spiro atoms. The van der Waals surface area contributed by atoms with E-state index >= 15 is 0 Å². The van der Waals surface area contributed by atoms with Crippen LogP contribution in [-0.2, 0) is 11.2 Å². The van der Waals surface area contributed by atoms with Crippen molar-refractivity contribution in [2.45, 2.75) is 44.4 Å². The molecule has 1 aliphatic carbocycles. The SMILES string of the molecule is Cc1ccc(C)c(CC(=O)NCC2CCC(Br)C2)c1.